The van der Waals surface area contributed by atoms with E-state index >= 15 is 0 Å². The molecule has 0 amide bonds. The highest BCUT2D eigenvalue weighted by molar-refractivity contribution is 8.00. The average molecular weight is 310 g/mol. The van der Waals surface area contributed by atoms with Gasteiger partial charge >= 0.3 is 0 Å². The number of nitrogens with zero attached hydrogens (tertiary/aromatic N) is 1. The third-order valence-electron chi connectivity index (χ3n) is 2.49. The minimum absolute atomic E-state index is 0.354. The van der Waals surface area contributed by atoms with Crippen LogP contribution in [0, 0.1) is 0 Å². The number of hydrogen-bond acceptors (Lipinski definition) is 4. The van der Waals surface area contributed by atoms with Gasteiger partial charge in [-0.2, -0.15) is 11.8 Å². The van der Waals surface area contributed by atoms with Crippen LogP contribution in [-0.4, -0.2) is 60.0 Å². The fraction of sp³-hybridized carbons (Fsp3) is 1.00. The molecule has 0 saturated heterocycles. The van der Waals surface area contributed by atoms with Crippen molar-refractivity contribution in [1.82, 2.24) is 4.31 Å². The van der Waals surface area contributed by atoms with Gasteiger partial charge in [0.1, 0.15) is 0 Å². The minimum atomic E-state index is 0.354. The summed E-state index contributed by atoms with van der Waals surface area (Å²) < 4.78 is 8.46. The molecule has 0 unspecified atom stereocenters. The van der Waals surface area contributed by atoms with E-state index in [1.807, 2.05) is 23.7 Å². The van der Waals surface area contributed by atoms with Gasteiger partial charge in [0.15, 0.2) is 0 Å². The smallest absolute Gasteiger partial charge is 0.0894 e. The zero-order chi connectivity index (χ0) is 14.6. The van der Waals surface area contributed by atoms with Gasteiger partial charge in [0.05, 0.1) is 32.8 Å². The number of likely N-dealkylation sites (N-methyl/N-ethyl adjacent to an activating group) is 2. The molecule has 0 radical (unpaired) electrons. The molecule has 0 aliphatic carbocycles. The van der Waals surface area contributed by atoms with Gasteiger partial charge in [-0.1, -0.05) is 39.6 Å². The van der Waals surface area contributed by atoms with Gasteiger partial charge in [0.2, 0.25) is 0 Å². The van der Waals surface area contributed by atoms with Crippen LogP contribution in [0.1, 0.15) is 34.6 Å². The van der Waals surface area contributed by atoms with Gasteiger partial charge in [0, 0.05) is 22.8 Å². The maximum atomic E-state index is 5.67. The summed E-state index contributed by atoms with van der Waals surface area (Å²) in [7, 11) is 0. The lowest BCUT2D eigenvalue weighted by atomic mass is 10.3. The summed E-state index contributed by atoms with van der Waals surface area (Å²) >= 11 is 3.89. The summed E-state index contributed by atoms with van der Waals surface area (Å²) in [6, 6.07) is 0. The normalized spacial score (nSPS) is 12.3. The van der Waals surface area contributed by atoms with E-state index in [1.165, 1.54) is 13.1 Å². The summed E-state index contributed by atoms with van der Waals surface area (Å²) in [5, 5.41) is 2.35. The molecule has 5 heteroatoms. The van der Waals surface area contributed by atoms with E-state index in [2.05, 4.69) is 44.2 Å². The molecule has 0 aliphatic rings. The van der Waals surface area contributed by atoms with Crippen LogP contribution >= 0.6 is 23.7 Å². The van der Waals surface area contributed by atoms with Gasteiger partial charge in [-0.3, -0.25) is 0 Å². The Morgan fingerprint density at radius 2 is 1.79 bits per heavy atom. The van der Waals surface area contributed by atoms with E-state index in [0.29, 0.717) is 4.75 Å². The average Bonchev–Trinajstić information content (AvgIpc) is 2.34. The number of hydrogen-bond donors (Lipinski definition) is 1. The molecule has 0 spiro atoms. The van der Waals surface area contributed by atoms with Gasteiger partial charge in [0.25, 0.3) is 0 Å². The van der Waals surface area contributed by atoms with Gasteiger partial charge in [-0.05, 0) is 6.92 Å². The van der Waals surface area contributed by atoms with Crippen LogP contribution in [0.2, 0.25) is 0 Å². The number of thioether (sulfide) groups is 1. The maximum absolute atomic E-state index is 5.67. The quantitative estimate of drug-likeness (QED) is 0.441. The highest BCUT2D eigenvalue weighted by Gasteiger charge is 2.09. The molecule has 0 heterocycles. The maximum Gasteiger partial charge on any atom is 0.0894 e. The Kier molecular flexibility index (Phi) is 12.7. The van der Waals surface area contributed by atoms with E-state index in [1.54, 1.807) is 0 Å². The Hall–Kier alpha value is 0.580. The molecule has 2 N–H and O–H groups in total. The molecular weight excluding hydrogens is 276 g/mol. The second-order valence-electron chi connectivity index (χ2n) is 5.41. The lowest BCUT2D eigenvalue weighted by Crippen LogP contribution is -2.85. The summed E-state index contributed by atoms with van der Waals surface area (Å²) in [6.07, 6.45) is 0. The van der Waals surface area contributed by atoms with Crippen molar-refractivity contribution in [3.8, 4) is 0 Å². The van der Waals surface area contributed by atoms with E-state index in [9.17, 15) is 0 Å². The van der Waals surface area contributed by atoms with Crippen molar-refractivity contribution in [2.24, 2.45) is 0 Å². The van der Waals surface area contributed by atoms with Crippen LogP contribution in [0.5, 0.6) is 0 Å². The molecule has 0 aromatic rings. The molecule has 0 aliphatic heterocycles. The summed E-state index contributed by atoms with van der Waals surface area (Å²) in [5.41, 5.74) is 0. The molecule has 0 aromatic carbocycles. The van der Waals surface area contributed by atoms with Gasteiger partial charge in [-0.15, -0.1) is 0 Å². The molecule has 0 bridgehead atoms. The highest BCUT2D eigenvalue weighted by Crippen LogP contribution is 2.22. The first-order valence-corrected chi connectivity index (χ1v) is 9.33. The van der Waals surface area contributed by atoms with Crippen LogP contribution in [0.15, 0.2) is 0 Å². The standard InChI is InChI=1S/C14H32N2OS2/c1-6-15-8-9-16(7-2)19-13-11-17-10-12-18-14(3,4)5/h15H,6-13H2,1-5H3/p+1. The molecule has 3 nitrogen and oxygen atoms in total. The molecule has 0 aromatic heterocycles. The van der Waals surface area contributed by atoms with Crippen LogP contribution in [0.25, 0.3) is 0 Å². The molecule has 0 saturated carbocycles. The molecule has 116 valence electrons. The first-order valence-electron chi connectivity index (χ1n) is 7.40. The predicted molar refractivity (Wildman–Crippen MR) is 90.1 cm³/mol. The van der Waals surface area contributed by atoms with Crippen molar-refractivity contribution in [2.75, 3.05) is 50.9 Å². The van der Waals surface area contributed by atoms with Crippen molar-refractivity contribution in [3.05, 3.63) is 0 Å². The van der Waals surface area contributed by atoms with Crippen molar-refractivity contribution in [2.45, 2.75) is 39.4 Å². The first-order chi connectivity index (χ1) is 8.99. The monoisotopic (exact) mass is 309 g/mol. The lowest BCUT2D eigenvalue weighted by molar-refractivity contribution is -0.650. The molecule has 0 rings (SSSR count). The Bertz CT molecular complexity index is 198. The fourth-order valence-corrected chi connectivity index (χ4v) is 3.17. The zero-order valence-electron chi connectivity index (χ0n) is 13.4. The van der Waals surface area contributed by atoms with Crippen molar-refractivity contribution < 1.29 is 10.1 Å². The van der Waals surface area contributed by atoms with Crippen molar-refractivity contribution >= 4 is 23.7 Å². The summed E-state index contributed by atoms with van der Waals surface area (Å²) in [6.45, 7) is 17.6. The predicted octanol–water partition coefficient (Wildman–Crippen LogP) is 2.09. The van der Waals surface area contributed by atoms with Crippen LogP contribution in [0.3, 0.4) is 0 Å². The Labute approximate surface area is 128 Å². The van der Waals surface area contributed by atoms with Crippen LogP contribution in [-0.2, 0) is 4.74 Å². The Morgan fingerprint density at radius 3 is 2.37 bits per heavy atom. The molecule has 0 atom stereocenters. The summed E-state index contributed by atoms with van der Waals surface area (Å²) in [5.74, 6) is 2.16. The number of nitrogens with two attached hydrogens (primary N) is 1. The third kappa shape index (κ3) is 14.8. The van der Waals surface area contributed by atoms with Crippen LogP contribution in [0.4, 0.5) is 0 Å². The van der Waals surface area contributed by atoms with E-state index in [4.69, 9.17) is 4.74 Å². The van der Waals surface area contributed by atoms with Crippen molar-refractivity contribution in [1.29, 1.82) is 0 Å². The Morgan fingerprint density at radius 1 is 1.11 bits per heavy atom. The number of rotatable bonds is 12. The topological polar surface area (TPSA) is 29.1 Å². The van der Waals surface area contributed by atoms with E-state index in [-0.39, 0.29) is 0 Å². The number of quaternary nitrogens is 1. The zero-order valence-corrected chi connectivity index (χ0v) is 15.0. The largest absolute Gasteiger partial charge is 0.380 e. The Balaban J connectivity index is 3.36. The van der Waals surface area contributed by atoms with Crippen LogP contribution < -0.4 is 5.32 Å². The first kappa shape index (κ1) is 19.6. The second kappa shape index (κ2) is 12.3. The highest BCUT2D eigenvalue weighted by atomic mass is 32.2. The molecule has 19 heavy (non-hydrogen) atoms. The fourth-order valence-electron chi connectivity index (χ4n) is 1.49. The summed E-state index contributed by atoms with van der Waals surface area (Å²) in [4.78, 5) is 0. The SMILES string of the molecule is CC[NH2+]CCN(CC)SCCOCCSC(C)(C)C. The lowest BCUT2D eigenvalue weighted by Gasteiger charge is -2.19. The second-order valence-corrected chi connectivity index (χ2v) is 8.52. The number of ether oxygens (including phenoxy) is 1. The minimum Gasteiger partial charge on any atom is -0.380 e. The van der Waals surface area contributed by atoms with Crippen molar-refractivity contribution in [3.63, 3.8) is 0 Å². The van der Waals surface area contributed by atoms with Gasteiger partial charge < -0.3 is 10.1 Å². The van der Waals surface area contributed by atoms with E-state index < -0.39 is 0 Å². The molecule has 0 fully saturated rings. The molecular formula is C14H33N2OS2+. The van der Waals surface area contributed by atoms with Gasteiger partial charge in [-0.25, -0.2) is 4.31 Å². The van der Waals surface area contributed by atoms with E-state index in [0.717, 1.165) is 37.8 Å². The third-order valence-corrected chi connectivity index (χ3v) is 4.88.